The number of morpholine rings is 1. The molecule has 0 spiro atoms. The van der Waals surface area contributed by atoms with Crippen molar-refractivity contribution < 1.29 is 14.3 Å². The first-order chi connectivity index (χ1) is 8.36. The van der Waals surface area contributed by atoms with Gasteiger partial charge in [0.25, 0.3) is 0 Å². The summed E-state index contributed by atoms with van der Waals surface area (Å²) >= 11 is 0. The molecule has 0 aromatic carbocycles. The molecule has 17 heavy (non-hydrogen) atoms. The maximum Gasteiger partial charge on any atom is 0.250 e. The van der Waals surface area contributed by atoms with Crippen molar-refractivity contribution in [1.82, 2.24) is 10.6 Å². The molecule has 1 amide bonds. The third kappa shape index (κ3) is 5.02. The van der Waals surface area contributed by atoms with Gasteiger partial charge in [0.1, 0.15) is 6.10 Å². The summed E-state index contributed by atoms with van der Waals surface area (Å²) in [5, 5.41) is 6.01. The van der Waals surface area contributed by atoms with E-state index in [1.54, 1.807) is 0 Å². The van der Waals surface area contributed by atoms with Crippen molar-refractivity contribution in [2.75, 3.05) is 39.5 Å². The molecule has 1 unspecified atom stereocenters. The van der Waals surface area contributed by atoms with Crippen LogP contribution in [0.4, 0.5) is 0 Å². The number of nitrogens with one attached hydrogen (secondary N) is 2. The van der Waals surface area contributed by atoms with Gasteiger partial charge in [-0.15, -0.1) is 0 Å². The molecule has 1 saturated heterocycles. The van der Waals surface area contributed by atoms with Crippen LogP contribution in [-0.4, -0.2) is 51.5 Å². The van der Waals surface area contributed by atoms with Gasteiger partial charge < -0.3 is 20.1 Å². The van der Waals surface area contributed by atoms with Gasteiger partial charge in [-0.25, -0.2) is 0 Å². The molecular formula is C12H22N2O3. The van der Waals surface area contributed by atoms with Gasteiger partial charge in [-0.05, 0) is 25.2 Å². The molecule has 5 heteroatoms. The van der Waals surface area contributed by atoms with Gasteiger partial charge in [-0.2, -0.15) is 0 Å². The molecule has 1 heterocycles. The predicted molar refractivity (Wildman–Crippen MR) is 63.8 cm³/mol. The van der Waals surface area contributed by atoms with E-state index in [0.29, 0.717) is 19.7 Å². The maximum atomic E-state index is 11.6. The van der Waals surface area contributed by atoms with Gasteiger partial charge in [-0.1, -0.05) is 0 Å². The van der Waals surface area contributed by atoms with E-state index in [2.05, 4.69) is 10.6 Å². The Morgan fingerprint density at radius 3 is 3.06 bits per heavy atom. The van der Waals surface area contributed by atoms with Crippen molar-refractivity contribution in [1.29, 1.82) is 0 Å². The highest BCUT2D eigenvalue weighted by Crippen LogP contribution is 2.28. The van der Waals surface area contributed by atoms with E-state index in [1.807, 2.05) is 0 Å². The molecule has 2 fully saturated rings. The first-order valence-electron chi connectivity index (χ1n) is 6.54. The van der Waals surface area contributed by atoms with Gasteiger partial charge in [0.15, 0.2) is 0 Å². The molecule has 1 atom stereocenters. The zero-order valence-corrected chi connectivity index (χ0v) is 10.2. The Bertz CT molecular complexity index is 238. The molecule has 0 aromatic heterocycles. The first-order valence-corrected chi connectivity index (χ1v) is 6.54. The van der Waals surface area contributed by atoms with E-state index < -0.39 is 0 Å². The average molecular weight is 242 g/mol. The van der Waals surface area contributed by atoms with Crippen molar-refractivity contribution in [3.63, 3.8) is 0 Å². The lowest BCUT2D eigenvalue weighted by atomic mass is 10.3. The lowest BCUT2D eigenvalue weighted by Crippen LogP contribution is -2.48. The summed E-state index contributed by atoms with van der Waals surface area (Å²) < 4.78 is 10.8. The molecule has 98 valence electrons. The Morgan fingerprint density at radius 2 is 2.35 bits per heavy atom. The van der Waals surface area contributed by atoms with Crippen LogP contribution in [0.15, 0.2) is 0 Å². The van der Waals surface area contributed by atoms with Gasteiger partial charge >= 0.3 is 0 Å². The van der Waals surface area contributed by atoms with Crippen molar-refractivity contribution in [3.8, 4) is 0 Å². The number of hydrogen-bond donors (Lipinski definition) is 2. The molecule has 0 radical (unpaired) electrons. The van der Waals surface area contributed by atoms with Crippen LogP contribution in [-0.2, 0) is 14.3 Å². The largest absolute Gasteiger partial charge is 0.381 e. The standard InChI is InChI=1S/C12H22N2O3/c15-12(11-8-13-5-7-17-11)14-4-1-6-16-9-10-2-3-10/h10-11,13H,1-9H2,(H,14,15). The summed E-state index contributed by atoms with van der Waals surface area (Å²) in [5.41, 5.74) is 0. The Labute approximate surface area is 102 Å². The van der Waals surface area contributed by atoms with Gasteiger partial charge in [0.2, 0.25) is 5.91 Å². The summed E-state index contributed by atoms with van der Waals surface area (Å²) in [6, 6.07) is 0. The lowest BCUT2D eigenvalue weighted by molar-refractivity contribution is -0.134. The molecular weight excluding hydrogens is 220 g/mol. The number of carbonyl (C=O) groups excluding carboxylic acids is 1. The number of hydrogen-bond acceptors (Lipinski definition) is 4. The second-order valence-corrected chi connectivity index (χ2v) is 4.73. The van der Waals surface area contributed by atoms with Crippen molar-refractivity contribution in [2.45, 2.75) is 25.4 Å². The molecule has 2 rings (SSSR count). The molecule has 2 N–H and O–H groups in total. The quantitative estimate of drug-likeness (QED) is 0.612. The van der Waals surface area contributed by atoms with Gasteiger partial charge in [0, 0.05) is 32.8 Å². The van der Waals surface area contributed by atoms with Crippen LogP contribution in [0, 0.1) is 5.92 Å². The highest BCUT2D eigenvalue weighted by molar-refractivity contribution is 5.81. The maximum absolute atomic E-state index is 11.6. The minimum Gasteiger partial charge on any atom is -0.381 e. The van der Waals surface area contributed by atoms with Crippen LogP contribution in [0.3, 0.4) is 0 Å². The molecule has 1 saturated carbocycles. The molecule has 2 aliphatic rings. The molecule has 1 aliphatic carbocycles. The monoisotopic (exact) mass is 242 g/mol. The van der Waals surface area contributed by atoms with Gasteiger partial charge in [0.05, 0.1) is 6.61 Å². The van der Waals surface area contributed by atoms with Crippen molar-refractivity contribution in [3.05, 3.63) is 0 Å². The van der Waals surface area contributed by atoms with E-state index in [9.17, 15) is 4.79 Å². The van der Waals surface area contributed by atoms with E-state index in [0.717, 1.165) is 32.1 Å². The van der Waals surface area contributed by atoms with Crippen LogP contribution in [0.2, 0.25) is 0 Å². The second-order valence-electron chi connectivity index (χ2n) is 4.73. The normalized spacial score (nSPS) is 24.6. The highest BCUT2D eigenvalue weighted by Gasteiger charge is 2.22. The van der Waals surface area contributed by atoms with Crippen LogP contribution in [0.5, 0.6) is 0 Å². The van der Waals surface area contributed by atoms with E-state index >= 15 is 0 Å². The highest BCUT2D eigenvalue weighted by atomic mass is 16.5. The third-order valence-electron chi connectivity index (χ3n) is 3.04. The fourth-order valence-corrected chi connectivity index (χ4v) is 1.77. The fraction of sp³-hybridized carbons (Fsp3) is 0.917. The molecule has 0 aromatic rings. The van der Waals surface area contributed by atoms with Crippen molar-refractivity contribution in [2.24, 2.45) is 5.92 Å². The summed E-state index contributed by atoms with van der Waals surface area (Å²) in [6.45, 7) is 4.36. The topological polar surface area (TPSA) is 59.6 Å². The van der Waals surface area contributed by atoms with E-state index in [-0.39, 0.29) is 12.0 Å². The molecule has 0 bridgehead atoms. The van der Waals surface area contributed by atoms with E-state index in [4.69, 9.17) is 9.47 Å². The average Bonchev–Trinajstić information content (AvgIpc) is 3.18. The van der Waals surface area contributed by atoms with E-state index in [1.165, 1.54) is 12.8 Å². The Balaban J connectivity index is 1.44. The Hall–Kier alpha value is -0.650. The summed E-state index contributed by atoms with van der Waals surface area (Å²) in [6.07, 6.45) is 3.19. The van der Waals surface area contributed by atoms with Crippen molar-refractivity contribution >= 4 is 5.91 Å². The van der Waals surface area contributed by atoms with Crippen LogP contribution in [0.1, 0.15) is 19.3 Å². The zero-order chi connectivity index (χ0) is 11.9. The smallest absolute Gasteiger partial charge is 0.250 e. The first kappa shape index (κ1) is 12.8. The summed E-state index contributed by atoms with van der Waals surface area (Å²) in [7, 11) is 0. The predicted octanol–water partition coefficient (Wildman–Crippen LogP) is -0.0923. The Kier molecular flexibility index (Phi) is 5.22. The second kappa shape index (κ2) is 6.93. The summed E-state index contributed by atoms with van der Waals surface area (Å²) in [5.74, 6) is 0.797. The van der Waals surface area contributed by atoms with Crippen LogP contribution in [0.25, 0.3) is 0 Å². The minimum atomic E-state index is -0.323. The number of ether oxygens (including phenoxy) is 2. The molecule has 1 aliphatic heterocycles. The third-order valence-corrected chi connectivity index (χ3v) is 3.04. The van der Waals surface area contributed by atoms with Crippen LogP contribution >= 0.6 is 0 Å². The van der Waals surface area contributed by atoms with Gasteiger partial charge in [-0.3, -0.25) is 4.79 Å². The lowest BCUT2D eigenvalue weighted by Gasteiger charge is -2.22. The Morgan fingerprint density at radius 1 is 1.47 bits per heavy atom. The summed E-state index contributed by atoms with van der Waals surface area (Å²) in [4.78, 5) is 11.6. The number of rotatable bonds is 7. The SMILES string of the molecule is O=C(NCCCOCC1CC1)C1CNCCO1. The molecule has 5 nitrogen and oxygen atoms in total. The number of carbonyl (C=O) groups is 1. The minimum absolute atomic E-state index is 0.0145. The zero-order valence-electron chi connectivity index (χ0n) is 10.2. The fourth-order valence-electron chi connectivity index (χ4n) is 1.77. The van der Waals surface area contributed by atoms with Crippen LogP contribution < -0.4 is 10.6 Å². The number of amides is 1.